The molecule has 0 saturated carbocycles. The predicted molar refractivity (Wildman–Crippen MR) is 73.3 cm³/mol. The lowest BCUT2D eigenvalue weighted by Gasteiger charge is -2.28. The van der Waals surface area contributed by atoms with E-state index in [9.17, 15) is 25.5 Å². The molecule has 0 amide bonds. The molecule has 0 aromatic heterocycles. The van der Waals surface area contributed by atoms with Crippen molar-refractivity contribution < 1.29 is 25.5 Å². The molecule has 106 valence electrons. The van der Waals surface area contributed by atoms with Gasteiger partial charge in [-0.2, -0.15) is 0 Å². The van der Waals surface area contributed by atoms with Gasteiger partial charge in [-0.15, -0.1) is 0 Å². The normalized spacial score (nSPS) is 11.5. The Morgan fingerprint density at radius 1 is 0.700 bits per heavy atom. The van der Waals surface area contributed by atoms with Crippen LogP contribution in [0.3, 0.4) is 0 Å². The minimum atomic E-state index is -0.840. The Bertz CT molecular complexity index is 662. The van der Waals surface area contributed by atoms with Crippen molar-refractivity contribution in [2.75, 3.05) is 0 Å². The first-order chi connectivity index (χ1) is 9.25. The second-order valence-corrected chi connectivity index (χ2v) is 5.16. The quantitative estimate of drug-likeness (QED) is 0.543. The minimum absolute atomic E-state index is 0.0696. The van der Waals surface area contributed by atoms with E-state index in [1.165, 1.54) is 30.3 Å². The largest absolute Gasteiger partial charge is 0.508 e. The van der Waals surface area contributed by atoms with Crippen molar-refractivity contribution in [3.8, 4) is 28.7 Å². The van der Waals surface area contributed by atoms with Crippen LogP contribution >= 0.6 is 0 Å². The highest BCUT2D eigenvalue weighted by atomic mass is 16.3. The van der Waals surface area contributed by atoms with E-state index in [1.807, 2.05) is 0 Å². The molecule has 0 spiro atoms. The van der Waals surface area contributed by atoms with Gasteiger partial charge in [0, 0.05) is 22.6 Å². The summed E-state index contributed by atoms with van der Waals surface area (Å²) in [4.78, 5) is 0. The number of phenolic OH excluding ortho intramolecular Hbond substituents is 5. The Balaban J connectivity index is 2.63. The van der Waals surface area contributed by atoms with E-state index in [1.54, 1.807) is 13.8 Å². The van der Waals surface area contributed by atoms with Gasteiger partial charge in [0.2, 0.25) is 5.75 Å². The highest BCUT2D eigenvalue weighted by Crippen LogP contribution is 2.46. The molecule has 5 N–H and O–H groups in total. The lowest BCUT2D eigenvalue weighted by molar-refractivity contribution is 0.359. The third-order valence-corrected chi connectivity index (χ3v) is 3.46. The molecule has 2 aromatic rings. The van der Waals surface area contributed by atoms with Crippen LogP contribution in [0.25, 0.3) is 0 Å². The van der Waals surface area contributed by atoms with Crippen molar-refractivity contribution in [1.82, 2.24) is 0 Å². The first kappa shape index (κ1) is 13.9. The van der Waals surface area contributed by atoms with E-state index in [0.717, 1.165) is 0 Å². The molecule has 0 bridgehead atoms. The van der Waals surface area contributed by atoms with Crippen LogP contribution in [-0.4, -0.2) is 25.5 Å². The van der Waals surface area contributed by atoms with Crippen molar-refractivity contribution in [3.63, 3.8) is 0 Å². The van der Waals surface area contributed by atoms with Crippen molar-refractivity contribution in [1.29, 1.82) is 0 Å². The molecule has 0 aliphatic heterocycles. The molecule has 0 fully saturated rings. The van der Waals surface area contributed by atoms with Crippen LogP contribution in [0.15, 0.2) is 30.3 Å². The lowest BCUT2D eigenvalue weighted by atomic mass is 9.77. The lowest BCUT2D eigenvalue weighted by Crippen LogP contribution is -2.19. The Morgan fingerprint density at radius 3 is 1.90 bits per heavy atom. The number of aromatic hydroxyl groups is 5. The van der Waals surface area contributed by atoms with Gasteiger partial charge >= 0.3 is 0 Å². The Morgan fingerprint density at radius 2 is 1.30 bits per heavy atom. The molecular weight excluding hydrogens is 260 g/mol. The number of hydrogen-bond donors (Lipinski definition) is 5. The molecule has 0 unspecified atom stereocenters. The molecule has 20 heavy (non-hydrogen) atoms. The van der Waals surface area contributed by atoms with Gasteiger partial charge in [0.15, 0.2) is 11.5 Å². The SMILES string of the molecule is CC(C)(c1ccc(O)cc1O)c1ccc(O)c(O)c1O. The Labute approximate surface area is 116 Å². The number of phenols is 5. The standard InChI is InChI=1S/C15H16O5/c1-15(2,9-4-3-8(16)7-12(9)18)10-5-6-11(17)14(20)13(10)19/h3-7,16-20H,1-2H3. The van der Waals surface area contributed by atoms with Crippen LogP contribution in [-0.2, 0) is 5.41 Å². The molecule has 0 saturated heterocycles. The third-order valence-electron chi connectivity index (χ3n) is 3.46. The summed E-state index contributed by atoms with van der Waals surface area (Å²) in [6.45, 7) is 3.48. The van der Waals surface area contributed by atoms with Gasteiger partial charge in [-0.05, 0) is 12.1 Å². The minimum Gasteiger partial charge on any atom is -0.508 e. The third kappa shape index (κ3) is 2.07. The molecule has 0 atom stereocenters. The Hall–Kier alpha value is -2.56. The van der Waals surface area contributed by atoms with Crippen LogP contribution in [0.4, 0.5) is 0 Å². The number of rotatable bonds is 2. The zero-order valence-corrected chi connectivity index (χ0v) is 11.1. The van der Waals surface area contributed by atoms with Crippen LogP contribution in [0.2, 0.25) is 0 Å². The van der Waals surface area contributed by atoms with Crippen LogP contribution in [0.1, 0.15) is 25.0 Å². The van der Waals surface area contributed by atoms with Gasteiger partial charge in [0.25, 0.3) is 0 Å². The van der Waals surface area contributed by atoms with Crippen molar-refractivity contribution in [2.45, 2.75) is 19.3 Å². The van der Waals surface area contributed by atoms with E-state index >= 15 is 0 Å². The fourth-order valence-corrected chi connectivity index (χ4v) is 2.27. The van der Waals surface area contributed by atoms with Gasteiger partial charge in [-0.3, -0.25) is 0 Å². The first-order valence-corrected chi connectivity index (χ1v) is 6.02. The predicted octanol–water partition coefficient (Wildman–Crippen LogP) is 2.54. The smallest absolute Gasteiger partial charge is 0.200 e. The van der Waals surface area contributed by atoms with Gasteiger partial charge < -0.3 is 25.5 Å². The second-order valence-electron chi connectivity index (χ2n) is 5.16. The first-order valence-electron chi connectivity index (χ1n) is 6.02. The molecule has 0 aliphatic carbocycles. The molecule has 2 aromatic carbocycles. The number of benzene rings is 2. The summed E-state index contributed by atoms with van der Waals surface area (Å²) in [5.41, 5.74) is -0.0305. The summed E-state index contributed by atoms with van der Waals surface area (Å²) in [5.74, 6) is -1.66. The van der Waals surface area contributed by atoms with Crippen molar-refractivity contribution in [2.24, 2.45) is 0 Å². The van der Waals surface area contributed by atoms with Gasteiger partial charge in [-0.1, -0.05) is 26.0 Å². The Kier molecular flexibility index (Phi) is 3.13. The summed E-state index contributed by atoms with van der Waals surface area (Å²) in [6, 6.07) is 6.90. The van der Waals surface area contributed by atoms with Crippen molar-refractivity contribution in [3.05, 3.63) is 41.5 Å². The summed E-state index contributed by atoms with van der Waals surface area (Å²) in [6.07, 6.45) is 0. The summed E-state index contributed by atoms with van der Waals surface area (Å²) < 4.78 is 0. The zero-order chi connectivity index (χ0) is 15.1. The zero-order valence-electron chi connectivity index (χ0n) is 11.1. The van der Waals surface area contributed by atoms with Crippen molar-refractivity contribution >= 4 is 0 Å². The van der Waals surface area contributed by atoms with Gasteiger partial charge in [-0.25, -0.2) is 0 Å². The van der Waals surface area contributed by atoms with Gasteiger partial charge in [0.05, 0.1) is 0 Å². The average molecular weight is 276 g/mol. The molecule has 5 nitrogen and oxygen atoms in total. The molecule has 0 heterocycles. The van der Waals surface area contributed by atoms with Gasteiger partial charge in [0.1, 0.15) is 11.5 Å². The summed E-state index contributed by atoms with van der Waals surface area (Å²) >= 11 is 0. The monoisotopic (exact) mass is 276 g/mol. The average Bonchev–Trinajstić information content (AvgIpc) is 2.35. The van der Waals surface area contributed by atoms with E-state index in [0.29, 0.717) is 11.1 Å². The summed E-state index contributed by atoms with van der Waals surface area (Å²) in [5, 5.41) is 48.2. The van der Waals surface area contributed by atoms with E-state index in [2.05, 4.69) is 0 Å². The van der Waals surface area contributed by atoms with E-state index in [-0.39, 0.29) is 11.5 Å². The molecule has 0 aliphatic rings. The second kappa shape index (κ2) is 4.52. The van der Waals surface area contributed by atoms with Crippen LogP contribution < -0.4 is 0 Å². The van der Waals surface area contributed by atoms with Crippen LogP contribution in [0.5, 0.6) is 28.7 Å². The molecular formula is C15H16O5. The molecule has 0 radical (unpaired) electrons. The number of hydrogen-bond acceptors (Lipinski definition) is 5. The fraction of sp³-hybridized carbons (Fsp3) is 0.200. The van der Waals surface area contributed by atoms with E-state index < -0.39 is 22.7 Å². The summed E-state index contributed by atoms with van der Waals surface area (Å²) in [7, 11) is 0. The maximum Gasteiger partial charge on any atom is 0.200 e. The maximum atomic E-state index is 9.98. The maximum absolute atomic E-state index is 9.98. The highest BCUT2D eigenvalue weighted by molar-refractivity contribution is 5.59. The molecule has 2 rings (SSSR count). The fourth-order valence-electron chi connectivity index (χ4n) is 2.27. The van der Waals surface area contributed by atoms with E-state index in [4.69, 9.17) is 0 Å². The molecule has 5 heteroatoms. The highest BCUT2D eigenvalue weighted by Gasteiger charge is 2.30. The topological polar surface area (TPSA) is 101 Å². The van der Waals surface area contributed by atoms with Crippen LogP contribution in [0, 0.1) is 0 Å².